The standard InChI is InChI=1S/C14H26N2S/c15-7-14(12-5-6-17-9-12)16-8-13(10-1-2-10)11-3-4-11/h10-14,16H,1-9,15H2. The van der Waals surface area contributed by atoms with E-state index in [1.54, 1.807) is 0 Å². The van der Waals surface area contributed by atoms with Gasteiger partial charge in [-0.25, -0.2) is 0 Å². The van der Waals surface area contributed by atoms with Gasteiger partial charge in [0, 0.05) is 12.6 Å². The van der Waals surface area contributed by atoms with Crippen LogP contribution >= 0.6 is 11.8 Å². The molecule has 2 nitrogen and oxygen atoms in total. The molecule has 2 atom stereocenters. The van der Waals surface area contributed by atoms with Gasteiger partial charge < -0.3 is 11.1 Å². The van der Waals surface area contributed by atoms with Gasteiger partial charge in [-0.3, -0.25) is 0 Å². The zero-order valence-electron chi connectivity index (χ0n) is 10.7. The van der Waals surface area contributed by atoms with Crippen LogP contribution in [-0.4, -0.2) is 30.6 Å². The van der Waals surface area contributed by atoms with E-state index in [2.05, 4.69) is 17.1 Å². The molecule has 2 saturated carbocycles. The maximum absolute atomic E-state index is 5.95. The maximum Gasteiger partial charge on any atom is 0.0226 e. The Labute approximate surface area is 109 Å². The van der Waals surface area contributed by atoms with Crippen molar-refractivity contribution in [3.8, 4) is 0 Å². The van der Waals surface area contributed by atoms with E-state index in [9.17, 15) is 0 Å². The molecule has 0 amide bonds. The molecule has 0 bridgehead atoms. The van der Waals surface area contributed by atoms with Crippen molar-refractivity contribution in [3.05, 3.63) is 0 Å². The first-order chi connectivity index (χ1) is 8.38. The van der Waals surface area contributed by atoms with Gasteiger partial charge in [0.2, 0.25) is 0 Å². The predicted molar refractivity (Wildman–Crippen MR) is 75.2 cm³/mol. The van der Waals surface area contributed by atoms with Crippen LogP contribution in [0.1, 0.15) is 32.1 Å². The summed E-state index contributed by atoms with van der Waals surface area (Å²) < 4.78 is 0. The SMILES string of the molecule is NCC(NCC(C1CC1)C1CC1)C1CCSC1. The summed E-state index contributed by atoms with van der Waals surface area (Å²) in [6, 6.07) is 0.588. The highest BCUT2D eigenvalue weighted by molar-refractivity contribution is 7.99. The van der Waals surface area contributed by atoms with E-state index in [1.165, 1.54) is 50.2 Å². The number of hydrogen-bond donors (Lipinski definition) is 2. The summed E-state index contributed by atoms with van der Waals surface area (Å²) in [5.74, 6) is 6.61. The molecule has 2 aliphatic carbocycles. The lowest BCUT2D eigenvalue weighted by molar-refractivity contribution is 0.317. The first kappa shape index (κ1) is 12.3. The van der Waals surface area contributed by atoms with Crippen molar-refractivity contribution in [2.45, 2.75) is 38.1 Å². The van der Waals surface area contributed by atoms with E-state index >= 15 is 0 Å². The van der Waals surface area contributed by atoms with Crippen LogP contribution in [0.15, 0.2) is 0 Å². The molecule has 98 valence electrons. The summed E-state index contributed by atoms with van der Waals surface area (Å²) in [6.45, 7) is 2.08. The van der Waals surface area contributed by atoms with Crippen molar-refractivity contribution in [1.29, 1.82) is 0 Å². The molecule has 0 aromatic carbocycles. The van der Waals surface area contributed by atoms with Crippen LogP contribution in [-0.2, 0) is 0 Å². The van der Waals surface area contributed by atoms with Crippen molar-refractivity contribution in [3.63, 3.8) is 0 Å². The Morgan fingerprint density at radius 3 is 2.24 bits per heavy atom. The van der Waals surface area contributed by atoms with Crippen molar-refractivity contribution >= 4 is 11.8 Å². The van der Waals surface area contributed by atoms with Gasteiger partial charge in [0.15, 0.2) is 0 Å². The Balaban J connectivity index is 1.46. The third-order valence-electron chi connectivity index (χ3n) is 4.86. The predicted octanol–water partition coefficient (Wildman–Crippen LogP) is 2.09. The van der Waals surface area contributed by atoms with Gasteiger partial charge in [-0.05, 0) is 73.8 Å². The molecular formula is C14H26N2S. The topological polar surface area (TPSA) is 38.0 Å². The lowest BCUT2D eigenvalue weighted by atomic mass is 9.95. The molecular weight excluding hydrogens is 228 g/mol. The van der Waals surface area contributed by atoms with Crippen molar-refractivity contribution in [2.75, 3.05) is 24.6 Å². The highest BCUT2D eigenvalue weighted by atomic mass is 32.2. The lowest BCUT2D eigenvalue weighted by Gasteiger charge is -2.26. The summed E-state index contributed by atoms with van der Waals surface area (Å²) in [5.41, 5.74) is 5.95. The first-order valence-electron chi connectivity index (χ1n) is 7.39. The molecule has 17 heavy (non-hydrogen) atoms. The molecule has 1 aliphatic heterocycles. The van der Waals surface area contributed by atoms with Crippen LogP contribution in [0.2, 0.25) is 0 Å². The Hall–Kier alpha value is 0.270. The fourth-order valence-corrected chi connectivity index (χ4v) is 4.70. The third-order valence-corrected chi connectivity index (χ3v) is 6.05. The molecule has 1 heterocycles. The third kappa shape index (κ3) is 3.18. The van der Waals surface area contributed by atoms with Crippen LogP contribution in [0.5, 0.6) is 0 Å². The normalized spacial score (nSPS) is 31.1. The first-order valence-corrected chi connectivity index (χ1v) is 8.55. The van der Waals surface area contributed by atoms with Crippen molar-refractivity contribution < 1.29 is 0 Å². The van der Waals surface area contributed by atoms with E-state index in [4.69, 9.17) is 5.73 Å². The minimum Gasteiger partial charge on any atom is -0.329 e. The van der Waals surface area contributed by atoms with Gasteiger partial charge in [-0.1, -0.05) is 0 Å². The molecule has 2 unspecified atom stereocenters. The number of thioether (sulfide) groups is 1. The van der Waals surface area contributed by atoms with Gasteiger partial charge in [0.1, 0.15) is 0 Å². The molecule has 1 saturated heterocycles. The summed E-state index contributed by atoms with van der Waals surface area (Å²) in [4.78, 5) is 0. The fraction of sp³-hybridized carbons (Fsp3) is 1.00. The summed E-state index contributed by atoms with van der Waals surface area (Å²) in [7, 11) is 0. The number of hydrogen-bond acceptors (Lipinski definition) is 3. The largest absolute Gasteiger partial charge is 0.329 e. The van der Waals surface area contributed by atoms with Gasteiger partial charge in [-0.15, -0.1) is 0 Å². The Morgan fingerprint density at radius 2 is 1.76 bits per heavy atom. The molecule has 0 aromatic rings. The van der Waals surface area contributed by atoms with Crippen molar-refractivity contribution in [2.24, 2.45) is 29.4 Å². The van der Waals surface area contributed by atoms with Crippen LogP contribution in [0.3, 0.4) is 0 Å². The zero-order valence-corrected chi connectivity index (χ0v) is 11.6. The number of rotatable bonds is 7. The highest BCUT2D eigenvalue weighted by Gasteiger charge is 2.41. The van der Waals surface area contributed by atoms with Crippen LogP contribution in [0.25, 0.3) is 0 Å². The lowest BCUT2D eigenvalue weighted by Crippen LogP contribution is -2.44. The van der Waals surface area contributed by atoms with Gasteiger partial charge in [0.25, 0.3) is 0 Å². The molecule has 0 aromatic heterocycles. The molecule has 3 aliphatic rings. The molecule has 3 N–H and O–H groups in total. The van der Waals surface area contributed by atoms with E-state index < -0.39 is 0 Å². The molecule has 3 fully saturated rings. The molecule has 3 heteroatoms. The smallest absolute Gasteiger partial charge is 0.0226 e. The minimum atomic E-state index is 0.588. The summed E-state index contributed by atoms with van der Waals surface area (Å²) in [6.07, 6.45) is 7.35. The zero-order chi connectivity index (χ0) is 11.7. The average molecular weight is 254 g/mol. The van der Waals surface area contributed by atoms with E-state index in [1.807, 2.05) is 0 Å². The average Bonchev–Trinajstić information content (AvgIpc) is 3.27. The summed E-state index contributed by atoms with van der Waals surface area (Å²) in [5, 5.41) is 3.82. The van der Waals surface area contributed by atoms with Crippen molar-refractivity contribution in [1.82, 2.24) is 5.32 Å². The molecule has 3 rings (SSSR count). The second-order valence-electron chi connectivity index (χ2n) is 6.21. The maximum atomic E-state index is 5.95. The molecule has 0 spiro atoms. The Kier molecular flexibility index (Phi) is 3.98. The van der Waals surface area contributed by atoms with Gasteiger partial charge in [0.05, 0.1) is 0 Å². The monoisotopic (exact) mass is 254 g/mol. The second-order valence-corrected chi connectivity index (χ2v) is 7.36. The number of nitrogens with one attached hydrogen (secondary N) is 1. The van der Waals surface area contributed by atoms with E-state index in [-0.39, 0.29) is 0 Å². The molecule has 0 radical (unpaired) electrons. The van der Waals surface area contributed by atoms with Gasteiger partial charge in [-0.2, -0.15) is 11.8 Å². The van der Waals surface area contributed by atoms with Crippen LogP contribution in [0.4, 0.5) is 0 Å². The minimum absolute atomic E-state index is 0.588. The highest BCUT2D eigenvalue weighted by Crippen LogP contribution is 2.48. The summed E-state index contributed by atoms with van der Waals surface area (Å²) >= 11 is 2.10. The van der Waals surface area contributed by atoms with E-state index in [0.29, 0.717) is 6.04 Å². The van der Waals surface area contributed by atoms with Gasteiger partial charge >= 0.3 is 0 Å². The Bertz CT molecular complexity index is 233. The fourth-order valence-electron chi connectivity index (χ4n) is 3.37. The van der Waals surface area contributed by atoms with E-state index in [0.717, 1.165) is 30.2 Å². The van der Waals surface area contributed by atoms with Crippen LogP contribution < -0.4 is 11.1 Å². The van der Waals surface area contributed by atoms with Crippen LogP contribution in [0, 0.1) is 23.7 Å². The Morgan fingerprint density at radius 1 is 1.06 bits per heavy atom. The second kappa shape index (κ2) is 5.50. The number of nitrogens with two attached hydrogens (primary N) is 1. The quantitative estimate of drug-likeness (QED) is 0.730.